The second kappa shape index (κ2) is 6.86. The second-order valence-electron chi connectivity index (χ2n) is 7.09. The Hall–Kier alpha value is -2.37. The summed E-state index contributed by atoms with van der Waals surface area (Å²) in [6.45, 7) is 0.549. The fraction of sp³-hybridized carbons (Fsp3) is 0.526. The summed E-state index contributed by atoms with van der Waals surface area (Å²) in [6.07, 6.45) is 11.2. The number of nitrogens with zero attached hydrogens (tertiary/aromatic N) is 3. The van der Waals surface area contributed by atoms with Crippen LogP contribution in [0.3, 0.4) is 0 Å². The van der Waals surface area contributed by atoms with Crippen LogP contribution < -0.4 is 4.74 Å². The monoisotopic (exact) mass is 341 g/mol. The molecule has 0 bridgehead atoms. The lowest BCUT2D eigenvalue weighted by molar-refractivity contribution is 0.111. The highest BCUT2D eigenvalue weighted by molar-refractivity contribution is 5.79. The van der Waals surface area contributed by atoms with Crippen molar-refractivity contribution >= 4 is 6.29 Å². The van der Waals surface area contributed by atoms with E-state index in [0.717, 1.165) is 12.8 Å². The predicted octanol–water partition coefficient (Wildman–Crippen LogP) is 3.48. The Bertz CT molecular complexity index is 754. The smallest absolute Gasteiger partial charge is 0.211 e. The minimum Gasteiger partial charge on any atom is -0.493 e. The van der Waals surface area contributed by atoms with E-state index in [-0.39, 0.29) is 5.88 Å². The number of rotatable bonds is 6. The van der Waals surface area contributed by atoms with E-state index in [1.54, 1.807) is 0 Å². The van der Waals surface area contributed by atoms with Crippen LogP contribution in [0, 0.1) is 5.92 Å². The molecule has 2 saturated carbocycles. The first-order valence-electron chi connectivity index (χ1n) is 9.06. The normalized spacial score (nSPS) is 23.4. The van der Waals surface area contributed by atoms with Gasteiger partial charge >= 0.3 is 0 Å². The van der Waals surface area contributed by atoms with E-state index in [1.165, 1.54) is 43.6 Å². The van der Waals surface area contributed by atoms with Crippen LogP contribution in [0.25, 0.3) is 0 Å². The minimum atomic E-state index is -0.168. The molecule has 0 amide bonds. The quantitative estimate of drug-likeness (QED) is 0.814. The van der Waals surface area contributed by atoms with Gasteiger partial charge in [0.15, 0.2) is 6.29 Å². The molecule has 25 heavy (non-hydrogen) atoms. The zero-order valence-corrected chi connectivity index (χ0v) is 14.2. The molecule has 2 aromatic heterocycles. The predicted molar refractivity (Wildman–Crippen MR) is 92.0 cm³/mol. The van der Waals surface area contributed by atoms with E-state index >= 15 is 0 Å². The van der Waals surface area contributed by atoms with Gasteiger partial charge in [0.1, 0.15) is 5.75 Å². The molecule has 2 aromatic rings. The second-order valence-corrected chi connectivity index (χ2v) is 7.09. The molecule has 6 nitrogen and oxygen atoms in total. The molecule has 2 atom stereocenters. The van der Waals surface area contributed by atoms with E-state index in [2.05, 4.69) is 20.8 Å². The maximum atomic E-state index is 11.2. The van der Waals surface area contributed by atoms with Crippen LogP contribution in [0.2, 0.25) is 0 Å². The van der Waals surface area contributed by atoms with Gasteiger partial charge in [-0.1, -0.05) is 12.8 Å². The van der Waals surface area contributed by atoms with Crippen LogP contribution >= 0.6 is 0 Å². The third-order valence-electron chi connectivity index (χ3n) is 5.35. The molecule has 2 heterocycles. The van der Waals surface area contributed by atoms with E-state index in [0.29, 0.717) is 42.1 Å². The van der Waals surface area contributed by atoms with Crippen molar-refractivity contribution in [2.75, 3.05) is 6.61 Å². The van der Waals surface area contributed by atoms with Crippen molar-refractivity contribution in [3.8, 4) is 11.6 Å². The summed E-state index contributed by atoms with van der Waals surface area (Å²) in [7, 11) is 0. The van der Waals surface area contributed by atoms with Crippen LogP contribution in [0.15, 0.2) is 24.5 Å². The SMILES string of the molecule is O=Cc1cc(O)ncc1OCC1CCCCC1c1ccnn1C1CC1. The summed E-state index contributed by atoms with van der Waals surface area (Å²) in [4.78, 5) is 15.0. The summed E-state index contributed by atoms with van der Waals surface area (Å²) in [5.41, 5.74) is 1.66. The average molecular weight is 341 g/mol. The van der Waals surface area contributed by atoms with Crippen molar-refractivity contribution < 1.29 is 14.6 Å². The first-order chi connectivity index (χ1) is 12.3. The number of carbonyl (C=O) groups excluding carboxylic acids is 1. The molecule has 0 saturated heterocycles. The van der Waals surface area contributed by atoms with Crippen molar-refractivity contribution in [2.45, 2.75) is 50.5 Å². The molecule has 0 aliphatic heterocycles. The number of carbonyl (C=O) groups is 1. The van der Waals surface area contributed by atoms with Crippen molar-refractivity contribution in [1.29, 1.82) is 0 Å². The van der Waals surface area contributed by atoms with Gasteiger partial charge in [0.05, 0.1) is 24.4 Å². The third kappa shape index (κ3) is 3.38. The van der Waals surface area contributed by atoms with Gasteiger partial charge < -0.3 is 9.84 Å². The Morgan fingerprint density at radius 3 is 2.92 bits per heavy atom. The lowest BCUT2D eigenvalue weighted by Gasteiger charge is -2.32. The van der Waals surface area contributed by atoms with Crippen LogP contribution in [0.4, 0.5) is 0 Å². The topological polar surface area (TPSA) is 77.2 Å². The van der Waals surface area contributed by atoms with Gasteiger partial charge in [0, 0.05) is 29.8 Å². The summed E-state index contributed by atoms with van der Waals surface area (Å²) in [5.74, 6) is 1.11. The van der Waals surface area contributed by atoms with Gasteiger partial charge in [-0.2, -0.15) is 5.10 Å². The zero-order valence-electron chi connectivity index (χ0n) is 14.2. The van der Waals surface area contributed by atoms with Crippen molar-refractivity contribution in [1.82, 2.24) is 14.8 Å². The largest absolute Gasteiger partial charge is 0.493 e. The van der Waals surface area contributed by atoms with Crippen LogP contribution in [-0.4, -0.2) is 32.8 Å². The molecule has 2 aliphatic rings. The molecule has 4 rings (SSSR count). The first kappa shape index (κ1) is 16.1. The molecule has 1 N–H and O–H groups in total. The van der Waals surface area contributed by atoms with E-state index in [4.69, 9.17) is 4.74 Å². The number of ether oxygens (including phenoxy) is 1. The summed E-state index contributed by atoms with van der Waals surface area (Å²) >= 11 is 0. The van der Waals surface area contributed by atoms with Gasteiger partial charge in [0.25, 0.3) is 0 Å². The number of aldehydes is 1. The molecular formula is C19H23N3O3. The van der Waals surface area contributed by atoms with Crippen molar-refractivity contribution in [3.63, 3.8) is 0 Å². The lowest BCUT2D eigenvalue weighted by Crippen LogP contribution is -2.26. The molecule has 6 heteroatoms. The minimum absolute atomic E-state index is 0.168. The molecule has 2 aliphatic carbocycles. The fourth-order valence-electron chi connectivity index (χ4n) is 3.90. The maximum absolute atomic E-state index is 11.2. The van der Waals surface area contributed by atoms with Crippen LogP contribution in [-0.2, 0) is 0 Å². The van der Waals surface area contributed by atoms with Gasteiger partial charge in [-0.3, -0.25) is 9.48 Å². The van der Waals surface area contributed by atoms with E-state index in [1.807, 2.05) is 6.20 Å². The Kier molecular flexibility index (Phi) is 4.42. The summed E-state index contributed by atoms with van der Waals surface area (Å²) in [6, 6.07) is 4.07. The van der Waals surface area contributed by atoms with Gasteiger partial charge in [-0.25, -0.2) is 4.98 Å². The Morgan fingerprint density at radius 1 is 1.28 bits per heavy atom. The van der Waals surface area contributed by atoms with Gasteiger partial charge in [-0.15, -0.1) is 0 Å². The van der Waals surface area contributed by atoms with Gasteiger partial charge in [0.2, 0.25) is 5.88 Å². The number of aromatic hydroxyl groups is 1. The third-order valence-corrected chi connectivity index (χ3v) is 5.35. The van der Waals surface area contributed by atoms with Crippen LogP contribution in [0.1, 0.15) is 66.5 Å². The Morgan fingerprint density at radius 2 is 2.12 bits per heavy atom. The van der Waals surface area contributed by atoms with Crippen molar-refractivity contribution in [2.24, 2.45) is 5.92 Å². The van der Waals surface area contributed by atoms with Crippen LogP contribution in [0.5, 0.6) is 11.6 Å². The molecule has 2 fully saturated rings. The molecule has 2 unspecified atom stereocenters. The first-order valence-corrected chi connectivity index (χ1v) is 9.06. The number of hydrogen-bond donors (Lipinski definition) is 1. The average Bonchev–Trinajstić information content (AvgIpc) is 3.37. The lowest BCUT2D eigenvalue weighted by atomic mass is 9.78. The molecule has 0 radical (unpaired) electrons. The number of aromatic nitrogens is 3. The molecule has 0 spiro atoms. The van der Waals surface area contributed by atoms with Crippen molar-refractivity contribution in [3.05, 3.63) is 35.8 Å². The van der Waals surface area contributed by atoms with Gasteiger partial charge in [-0.05, 0) is 31.7 Å². The fourth-order valence-corrected chi connectivity index (χ4v) is 3.90. The zero-order chi connectivity index (χ0) is 17.2. The highest BCUT2D eigenvalue weighted by atomic mass is 16.5. The highest BCUT2D eigenvalue weighted by Gasteiger charge is 2.33. The Balaban J connectivity index is 1.50. The number of hydrogen-bond acceptors (Lipinski definition) is 5. The van der Waals surface area contributed by atoms with E-state index < -0.39 is 0 Å². The molecular weight excluding hydrogens is 318 g/mol. The summed E-state index contributed by atoms with van der Waals surface area (Å²) < 4.78 is 8.14. The standard InChI is InChI=1S/C19H23N3O3/c23-11-14-9-19(24)20-10-18(14)25-12-13-3-1-2-4-16(13)17-7-8-21-22(17)15-5-6-15/h7-11,13,15-16H,1-6,12H2,(H,20,24). The van der Waals surface area contributed by atoms with E-state index in [9.17, 15) is 9.90 Å². The number of pyridine rings is 1. The Labute approximate surface area is 146 Å². The molecule has 0 aromatic carbocycles. The molecule has 132 valence electrons. The summed E-state index contributed by atoms with van der Waals surface area (Å²) in [5, 5.41) is 13.9. The highest BCUT2D eigenvalue weighted by Crippen LogP contribution is 2.42. The maximum Gasteiger partial charge on any atom is 0.211 e.